The van der Waals surface area contributed by atoms with Crippen molar-refractivity contribution in [2.45, 2.75) is 50.7 Å². The molecule has 1 saturated carbocycles. The summed E-state index contributed by atoms with van der Waals surface area (Å²) in [7, 11) is 0. The summed E-state index contributed by atoms with van der Waals surface area (Å²) in [6.45, 7) is 1.83. The molecule has 5 heteroatoms. The molecule has 96 valence electrons. The number of nitrogens with zero attached hydrogens (tertiary/aromatic N) is 2. The van der Waals surface area contributed by atoms with Crippen molar-refractivity contribution in [1.82, 2.24) is 10.2 Å². The summed E-state index contributed by atoms with van der Waals surface area (Å²) in [6, 6.07) is 0. The minimum atomic E-state index is 0.368. The molecule has 1 fully saturated rings. The number of hydrogen-bond acceptors (Lipinski definition) is 5. The molecule has 0 unspecified atom stereocenters. The third kappa shape index (κ3) is 3.65. The maximum Gasteiger partial charge on any atom is 0.276 e. The van der Waals surface area contributed by atoms with Crippen molar-refractivity contribution in [1.29, 1.82) is 0 Å². The molecular weight excluding hydrogens is 252 g/mol. The normalized spacial score (nSPS) is 20.1. The number of aryl methyl sites for hydroxylation is 1. The van der Waals surface area contributed by atoms with Crippen LogP contribution in [-0.4, -0.2) is 21.7 Å². The number of rotatable bonds is 4. The van der Waals surface area contributed by atoms with Gasteiger partial charge in [-0.3, -0.25) is 0 Å². The summed E-state index contributed by atoms with van der Waals surface area (Å²) in [4.78, 5) is 0. The van der Waals surface area contributed by atoms with Crippen LogP contribution >= 0.6 is 24.4 Å². The Bertz CT molecular complexity index is 346. The second-order valence-corrected chi connectivity index (χ2v) is 6.19. The van der Waals surface area contributed by atoms with Crippen molar-refractivity contribution < 1.29 is 4.42 Å². The fourth-order valence-electron chi connectivity index (χ4n) is 2.38. The van der Waals surface area contributed by atoms with E-state index in [1.807, 2.05) is 6.92 Å². The SMILES string of the molecule is Cc1nnc(SCC2(CS)CCCCCC2)o1. The number of thioether (sulfide) groups is 1. The van der Waals surface area contributed by atoms with Crippen molar-refractivity contribution >= 4 is 24.4 Å². The lowest BCUT2D eigenvalue weighted by atomic mass is 9.84. The monoisotopic (exact) mass is 272 g/mol. The first-order valence-corrected chi connectivity index (χ1v) is 7.90. The zero-order valence-corrected chi connectivity index (χ0v) is 12.0. The summed E-state index contributed by atoms with van der Waals surface area (Å²) in [5.41, 5.74) is 0.368. The van der Waals surface area contributed by atoms with Crippen LogP contribution in [0, 0.1) is 12.3 Å². The highest BCUT2D eigenvalue weighted by Gasteiger charge is 2.30. The lowest BCUT2D eigenvalue weighted by molar-refractivity contribution is 0.330. The van der Waals surface area contributed by atoms with E-state index in [4.69, 9.17) is 4.42 Å². The Morgan fingerprint density at radius 1 is 1.24 bits per heavy atom. The van der Waals surface area contributed by atoms with E-state index in [0.717, 1.165) is 11.5 Å². The van der Waals surface area contributed by atoms with Gasteiger partial charge in [-0.1, -0.05) is 37.4 Å². The Morgan fingerprint density at radius 2 is 1.94 bits per heavy atom. The Balaban J connectivity index is 1.93. The van der Waals surface area contributed by atoms with Crippen LogP contribution in [0.1, 0.15) is 44.4 Å². The van der Waals surface area contributed by atoms with Gasteiger partial charge >= 0.3 is 0 Å². The molecule has 3 nitrogen and oxygen atoms in total. The number of aromatic nitrogens is 2. The first-order valence-electron chi connectivity index (χ1n) is 6.28. The summed E-state index contributed by atoms with van der Waals surface area (Å²) >= 11 is 6.26. The zero-order chi connectivity index (χ0) is 12.1. The quantitative estimate of drug-likeness (QED) is 0.515. The van der Waals surface area contributed by atoms with Crippen molar-refractivity contribution in [3.63, 3.8) is 0 Å². The van der Waals surface area contributed by atoms with E-state index in [1.54, 1.807) is 11.8 Å². The van der Waals surface area contributed by atoms with E-state index in [1.165, 1.54) is 38.5 Å². The van der Waals surface area contributed by atoms with Gasteiger partial charge in [-0.05, 0) is 24.0 Å². The average molecular weight is 272 g/mol. The molecule has 1 heterocycles. The van der Waals surface area contributed by atoms with Crippen LogP contribution in [0.25, 0.3) is 0 Å². The molecule has 1 aliphatic rings. The van der Waals surface area contributed by atoms with Crippen LogP contribution in [-0.2, 0) is 0 Å². The lowest BCUT2D eigenvalue weighted by Gasteiger charge is -2.30. The summed E-state index contributed by atoms with van der Waals surface area (Å²) < 4.78 is 5.41. The third-order valence-corrected chi connectivity index (χ3v) is 5.35. The molecule has 0 atom stereocenters. The lowest BCUT2D eigenvalue weighted by Crippen LogP contribution is -2.25. The largest absolute Gasteiger partial charge is 0.416 e. The predicted octanol–water partition coefficient (Wildman–Crippen LogP) is 3.74. The molecule has 1 aromatic heterocycles. The third-order valence-electron chi connectivity index (χ3n) is 3.51. The fraction of sp³-hybridized carbons (Fsp3) is 0.833. The van der Waals surface area contributed by atoms with Crippen LogP contribution < -0.4 is 0 Å². The van der Waals surface area contributed by atoms with E-state index in [9.17, 15) is 0 Å². The Kier molecular flexibility index (Phi) is 4.79. The van der Waals surface area contributed by atoms with Crippen LogP contribution in [0.15, 0.2) is 9.64 Å². The second kappa shape index (κ2) is 6.14. The van der Waals surface area contributed by atoms with Crippen molar-refractivity contribution in [2.24, 2.45) is 5.41 Å². The first-order chi connectivity index (χ1) is 8.24. The van der Waals surface area contributed by atoms with Gasteiger partial charge in [0.1, 0.15) is 0 Å². The van der Waals surface area contributed by atoms with Gasteiger partial charge in [-0.15, -0.1) is 10.2 Å². The van der Waals surface area contributed by atoms with Crippen LogP contribution in [0.5, 0.6) is 0 Å². The van der Waals surface area contributed by atoms with Crippen molar-refractivity contribution in [3.05, 3.63) is 5.89 Å². The highest BCUT2D eigenvalue weighted by Crippen LogP contribution is 2.40. The Morgan fingerprint density at radius 3 is 2.47 bits per heavy atom. The molecule has 2 rings (SSSR count). The van der Waals surface area contributed by atoms with E-state index >= 15 is 0 Å². The predicted molar refractivity (Wildman–Crippen MR) is 73.7 cm³/mol. The van der Waals surface area contributed by atoms with Gasteiger partial charge in [0.15, 0.2) is 0 Å². The van der Waals surface area contributed by atoms with Crippen LogP contribution in [0.4, 0.5) is 0 Å². The molecule has 0 saturated heterocycles. The van der Waals surface area contributed by atoms with Crippen molar-refractivity contribution in [2.75, 3.05) is 11.5 Å². The molecule has 0 amide bonds. The first kappa shape index (κ1) is 13.3. The molecule has 17 heavy (non-hydrogen) atoms. The molecule has 1 aromatic rings. The smallest absolute Gasteiger partial charge is 0.276 e. The summed E-state index contributed by atoms with van der Waals surface area (Å²) in [5, 5.41) is 8.60. The maximum atomic E-state index is 5.41. The highest BCUT2D eigenvalue weighted by molar-refractivity contribution is 7.99. The fourth-order valence-corrected chi connectivity index (χ4v) is 4.06. The molecule has 0 bridgehead atoms. The van der Waals surface area contributed by atoms with Gasteiger partial charge in [0.05, 0.1) is 0 Å². The van der Waals surface area contributed by atoms with Gasteiger partial charge < -0.3 is 4.42 Å². The van der Waals surface area contributed by atoms with E-state index in [0.29, 0.717) is 16.5 Å². The van der Waals surface area contributed by atoms with Gasteiger partial charge in [0.2, 0.25) is 5.89 Å². The van der Waals surface area contributed by atoms with Crippen LogP contribution in [0.2, 0.25) is 0 Å². The topological polar surface area (TPSA) is 38.9 Å². The second-order valence-electron chi connectivity index (χ2n) is 4.95. The summed E-state index contributed by atoms with van der Waals surface area (Å²) in [6.07, 6.45) is 8.00. The maximum absolute atomic E-state index is 5.41. The number of thiol groups is 1. The number of hydrogen-bond donors (Lipinski definition) is 1. The van der Waals surface area contributed by atoms with E-state index < -0.39 is 0 Å². The molecule has 0 radical (unpaired) electrons. The van der Waals surface area contributed by atoms with E-state index in [2.05, 4.69) is 22.8 Å². The average Bonchev–Trinajstić information content (AvgIpc) is 2.63. The Hall–Kier alpha value is -0.160. The Labute approximate surface area is 113 Å². The van der Waals surface area contributed by atoms with E-state index in [-0.39, 0.29) is 0 Å². The van der Waals surface area contributed by atoms with Gasteiger partial charge in [0.25, 0.3) is 5.22 Å². The van der Waals surface area contributed by atoms with Gasteiger partial charge in [-0.2, -0.15) is 12.6 Å². The summed E-state index contributed by atoms with van der Waals surface area (Å²) in [5.74, 6) is 2.67. The van der Waals surface area contributed by atoms with Gasteiger partial charge in [0, 0.05) is 12.7 Å². The molecule has 0 aromatic carbocycles. The minimum absolute atomic E-state index is 0.368. The molecule has 0 aliphatic heterocycles. The zero-order valence-electron chi connectivity index (χ0n) is 10.3. The highest BCUT2D eigenvalue weighted by atomic mass is 32.2. The standard InChI is InChI=1S/C12H20N2OS2/c1-10-13-14-11(15-10)17-9-12(8-16)6-4-2-3-5-7-12/h16H,2-9H2,1H3. The molecule has 1 aliphatic carbocycles. The van der Waals surface area contributed by atoms with Crippen LogP contribution in [0.3, 0.4) is 0 Å². The van der Waals surface area contributed by atoms with Gasteiger partial charge in [-0.25, -0.2) is 0 Å². The molecular formula is C12H20N2OS2. The molecule has 0 N–H and O–H groups in total. The minimum Gasteiger partial charge on any atom is -0.416 e. The molecule has 0 spiro atoms. The van der Waals surface area contributed by atoms with Crippen molar-refractivity contribution in [3.8, 4) is 0 Å².